The average molecular weight is 309 g/mol. The van der Waals surface area contributed by atoms with Gasteiger partial charge >= 0.3 is 0 Å². The van der Waals surface area contributed by atoms with Crippen LogP contribution in [0.4, 0.5) is 0 Å². The summed E-state index contributed by atoms with van der Waals surface area (Å²) in [5.41, 5.74) is 1.02. The van der Waals surface area contributed by atoms with E-state index in [1.54, 1.807) is 12.3 Å². The van der Waals surface area contributed by atoms with Crippen LogP contribution >= 0.6 is 0 Å². The highest BCUT2D eigenvalue weighted by Gasteiger charge is 2.28. The van der Waals surface area contributed by atoms with E-state index in [1.807, 2.05) is 6.07 Å². The van der Waals surface area contributed by atoms with Crippen molar-refractivity contribution in [1.82, 2.24) is 15.0 Å². The Kier molecular flexibility index (Phi) is 4.28. The maximum absolute atomic E-state index is 12.3. The molecule has 116 valence electrons. The number of sulfonamides is 1. The number of nitrogens with zero attached hydrogens (tertiary/aromatic N) is 1. The molecule has 2 saturated carbocycles. The van der Waals surface area contributed by atoms with Gasteiger partial charge in [0.2, 0.25) is 0 Å². The molecule has 0 amide bonds. The standard InChI is InChI=1S/C15H23N3O2S/c1-11-3-2-4-14(11)18-21(19,20)15-8-5-12(10-17-15)9-16-13-6-7-13/h5,8,10-11,13-14,16,18H,2-4,6-7,9H2,1H3. The summed E-state index contributed by atoms with van der Waals surface area (Å²) >= 11 is 0. The molecule has 1 aromatic heterocycles. The van der Waals surface area contributed by atoms with Gasteiger partial charge in [-0.15, -0.1) is 0 Å². The third kappa shape index (κ3) is 3.81. The van der Waals surface area contributed by atoms with Crippen molar-refractivity contribution >= 4 is 10.0 Å². The van der Waals surface area contributed by atoms with Gasteiger partial charge in [0, 0.05) is 24.8 Å². The van der Waals surface area contributed by atoms with E-state index in [0.717, 1.165) is 31.4 Å². The molecule has 6 heteroatoms. The van der Waals surface area contributed by atoms with Gasteiger partial charge < -0.3 is 5.32 Å². The van der Waals surface area contributed by atoms with Crippen molar-refractivity contribution < 1.29 is 8.42 Å². The van der Waals surface area contributed by atoms with Crippen molar-refractivity contribution in [1.29, 1.82) is 0 Å². The highest BCUT2D eigenvalue weighted by Crippen LogP contribution is 2.26. The van der Waals surface area contributed by atoms with E-state index in [0.29, 0.717) is 12.0 Å². The molecule has 1 heterocycles. The molecule has 0 spiro atoms. The number of pyridine rings is 1. The van der Waals surface area contributed by atoms with Crippen LogP contribution < -0.4 is 10.0 Å². The number of hydrogen-bond acceptors (Lipinski definition) is 4. The molecule has 2 unspecified atom stereocenters. The van der Waals surface area contributed by atoms with E-state index >= 15 is 0 Å². The van der Waals surface area contributed by atoms with Crippen LogP contribution in [0.15, 0.2) is 23.4 Å². The Balaban J connectivity index is 1.63. The quantitative estimate of drug-likeness (QED) is 0.840. The predicted octanol–water partition coefficient (Wildman–Crippen LogP) is 1.80. The van der Waals surface area contributed by atoms with Crippen LogP contribution in [0.5, 0.6) is 0 Å². The van der Waals surface area contributed by atoms with E-state index in [4.69, 9.17) is 0 Å². The second-order valence-electron chi connectivity index (χ2n) is 6.30. The van der Waals surface area contributed by atoms with E-state index in [9.17, 15) is 8.42 Å². The molecular formula is C15H23N3O2S. The van der Waals surface area contributed by atoms with Gasteiger partial charge in [-0.25, -0.2) is 18.1 Å². The SMILES string of the molecule is CC1CCCC1NS(=O)(=O)c1ccc(CNC2CC2)cn1. The monoisotopic (exact) mass is 309 g/mol. The summed E-state index contributed by atoms with van der Waals surface area (Å²) in [6.45, 7) is 2.85. The fourth-order valence-electron chi connectivity index (χ4n) is 2.80. The zero-order chi connectivity index (χ0) is 14.9. The third-order valence-corrected chi connectivity index (χ3v) is 5.82. The number of hydrogen-bond donors (Lipinski definition) is 2. The molecule has 1 aromatic rings. The van der Waals surface area contributed by atoms with Crippen molar-refractivity contribution in [2.45, 2.75) is 62.7 Å². The number of rotatable bonds is 6. The zero-order valence-corrected chi connectivity index (χ0v) is 13.2. The van der Waals surface area contributed by atoms with Crippen LogP contribution in [0, 0.1) is 5.92 Å². The normalized spacial score (nSPS) is 26.1. The Bertz CT molecular complexity index is 581. The van der Waals surface area contributed by atoms with Crippen molar-refractivity contribution in [2.24, 2.45) is 5.92 Å². The molecule has 0 aromatic carbocycles. The average Bonchev–Trinajstić information content (AvgIpc) is 3.21. The van der Waals surface area contributed by atoms with Crippen LogP contribution in [-0.4, -0.2) is 25.5 Å². The lowest BCUT2D eigenvalue weighted by Gasteiger charge is -2.17. The van der Waals surface area contributed by atoms with E-state index in [-0.39, 0.29) is 11.1 Å². The molecule has 0 saturated heterocycles. The van der Waals surface area contributed by atoms with Gasteiger partial charge in [0.25, 0.3) is 10.0 Å². The smallest absolute Gasteiger partial charge is 0.258 e. The Morgan fingerprint density at radius 3 is 2.62 bits per heavy atom. The first-order chi connectivity index (χ1) is 10.0. The first-order valence-electron chi connectivity index (χ1n) is 7.75. The van der Waals surface area contributed by atoms with Crippen molar-refractivity contribution in [3.05, 3.63) is 23.9 Å². The Morgan fingerprint density at radius 1 is 1.24 bits per heavy atom. The molecular weight excluding hydrogens is 286 g/mol. The molecule has 2 N–H and O–H groups in total. The number of aromatic nitrogens is 1. The fraction of sp³-hybridized carbons (Fsp3) is 0.667. The maximum Gasteiger partial charge on any atom is 0.258 e. The molecule has 21 heavy (non-hydrogen) atoms. The second kappa shape index (κ2) is 6.02. The van der Waals surface area contributed by atoms with E-state index in [1.165, 1.54) is 12.8 Å². The summed E-state index contributed by atoms with van der Waals surface area (Å²) in [5, 5.41) is 3.51. The first-order valence-corrected chi connectivity index (χ1v) is 9.23. The highest BCUT2D eigenvalue weighted by atomic mass is 32.2. The topological polar surface area (TPSA) is 71.1 Å². The third-order valence-electron chi connectivity index (χ3n) is 4.41. The van der Waals surface area contributed by atoms with Crippen LogP contribution in [0.25, 0.3) is 0 Å². The summed E-state index contributed by atoms with van der Waals surface area (Å²) in [6.07, 6.45) is 7.23. The van der Waals surface area contributed by atoms with Gasteiger partial charge in [0.15, 0.2) is 5.03 Å². The summed E-state index contributed by atoms with van der Waals surface area (Å²) in [6, 6.07) is 4.13. The van der Waals surface area contributed by atoms with Crippen LogP contribution in [0.1, 0.15) is 44.6 Å². The Labute approximate surface area is 126 Å². The Hall–Kier alpha value is -0.980. The van der Waals surface area contributed by atoms with Crippen molar-refractivity contribution in [3.63, 3.8) is 0 Å². The predicted molar refractivity (Wildman–Crippen MR) is 81.2 cm³/mol. The minimum atomic E-state index is -3.49. The van der Waals surface area contributed by atoms with E-state index < -0.39 is 10.0 Å². The lowest BCUT2D eigenvalue weighted by molar-refractivity contribution is 0.475. The second-order valence-corrected chi connectivity index (χ2v) is 7.96. The van der Waals surface area contributed by atoms with Gasteiger partial charge in [0.05, 0.1) is 0 Å². The van der Waals surface area contributed by atoms with Gasteiger partial charge in [-0.3, -0.25) is 0 Å². The molecule has 2 fully saturated rings. The molecule has 3 rings (SSSR count). The van der Waals surface area contributed by atoms with Crippen LogP contribution in [0.3, 0.4) is 0 Å². The summed E-state index contributed by atoms with van der Waals surface area (Å²) < 4.78 is 27.5. The van der Waals surface area contributed by atoms with Crippen molar-refractivity contribution in [3.8, 4) is 0 Å². The number of nitrogens with one attached hydrogen (secondary N) is 2. The first kappa shape index (κ1) is 14.9. The van der Waals surface area contributed by atoms with Gasteiger partial charge in [-0.05, 0) is 43.2 Å². The summed E-state index contributed by atoms with van der Waals surface area (Å²) in [5.74, 6) is 0.404. The minimum absolute atomic E-state index is 0.0491. The molecule has 5 nitrogen and oxygen atoms in total. The molecule has 0 bridgehead atoms. The molecule has 0 aliphatic heterocycles. The molecule has 0 radical (unpaired) electrons. The minimum Gasteiger partial charge on any atom is -0.310 e. The Morgan fingerprint density at radius 2 is 2.05 bits per heavy atom. The van der Waals surface area contributed by atoms with Gasteiger partial charge in [0.1, 0.15) is 0 Å². The van der Waals surface area contributed by atoms with Crippen LogP contribution in [0.2, 0.25) is 0 Å². The lowest BCUT2D eigenvalue weighted by Crippen LogP contribution is -2.36. The summed E-state index contributed by atoms with van der Waals surface area (Å²) in [4.78, 5) is 4.13. The van der Waals surface area contributed by atoms with Crippen LogP contribution in [-0.2, 0) is 16.6 Å². The van der Waals surface area contributed by atoms with Crippen molar-refractivity contribution in [2.75, 3.05) is 0 Å². The summed E-state index contributed by atoms with van der Waals surface area (Å²) in [7, 11) is -3.49. The molecule has 2 aliphatic carbocycles. The molecule has 2 aliphatic rings. The maximum atomic E-state index is 12.3. The molecule has 2 atom stereocenters. The lowest BCUT2D eigenvalue weighted by atomic mass is 10.1. The largest absolute Gasteiger partial charge is 0.310 e. The fourth-order valence-corrected chi connectivity index (χ4v) is 4.11. The zero-order valence-electron chi connectivity index (χ0n) is 12.4. The van der Waals surface area contributed by atoms with Gasteiger partial charge in [-0.1, -0.05) is 19.4 Å². The van der Waals surface area contributed by atoms with Gasteiger partial charge in [-0.2, -0.15) is 0 Å². The van der Waals surface area contributed by atoms with E-state index in [2.05, 4.69) is 21.9 Å². The highest BCUT2D eigenvalue weighted by molar-refractivity contribution is 7.89.